The highest BCUT2D eigenvalue weighted by Crippen LogP contribution is 2.26. The predicted octanol–water partition coefficient (Wildman–Crippen LogP) is 4.12. The lowest BCUT2D eigenvalue weighted by atomic mass is 10.1. The molecular formula is C29H47N3O6. The number of benzene rings is 2. The second-order valence-electron chi connectivity index (χ2n) is 8.16. The third-order valence-corrected chi connectivity index (χ3v) is 5.32. The molecule has 0 atom stereocenters. The molecule has 2 aromatic carbocycles. The molecule has 2 rings (SSSR count). The third-order valence-electron chi connectivity index (χ3n) is 5.32. The van der Waals surface area contributed by atoms with Crippen LogP contribution in [0.1, 0.15) is 70.9 Å². The van der Waals surface area contributed by atoms with Crippen LogP contribution < -0.4 is 16.0 Å². The number of carbonyl (C=O) groups is 2. The second-order valence-corrected chi connectivity index (χ2v) is 8.16. The summed E-state index contributed by atoms with van der Waals surface area (Å²) in [5.41, 5.74) is 1.59. The fraction of sp³-hybridized carbons (Fsp3) is 0.517. The molecule has 214 valence electrons. The smallest absolute Gasteiger partial charge is 0.220 e. The zero-order valence-electron chi connectivity index (χ0n) is 23.3. The van der Waals surface area contributed by atoms with Gasteiger partial charge >= 0.3 is 0 Å². The van der Waals surface area contributed by atoms with E-state index in [1.54, 1.807) is 12.1 Å². The lowest BCUT2D eigenvalue weighted by Gasteiger charge is -2.08. The summed E-state index contributed by atoms with van der Waals surface area (Å²) < 4.78 is 0. The fourth-order valence-corrected chi connectivity index (χ4v) is 3.31. The number of aromatic hydroxyl groups is 4. The van der Waals surface area contributed by atoms with Crippen molar-refractivity contribution in [2.45, 2.75) is 72.6 Å². The molecule has 0 spiro atoms. The van der Waals surface area contributed by atoms with Crippen molar-refractivity contribution in [2.75, 3.05) is 26.2 Å². The molecule has 0 bridgehead atoms. The monoisotopic (exact) mass is 533 g/mol. The van der Waals surface area contributed by atoms with Crippen molar-refractivity contribution in [2.24, 2.45) is 0 Å². The van der Waals surface area contributed by atoms with E-state index in [9.17, 15) is 30.0 Å². The number of carbonyl (C=O) groups excluding carboxylic acids is 2. The molecule has 0 aliphatic rings. The maximum absolute atomic E-state index is 11.9. The van der Waals surface area contributed by atoms with Gasteiger partial charge < -0.3 is 36.4 Å². The Morgan fingerprint density at radius 2 is 0.974 bits per heavy atom. The average Bonchev–Trinajstić information content (AvgIpc) is 2.93. The Hall–Kier alpha value is -3.46. The Morgan fingerprint density at radius 3 is 1.42 bits per heavy atom. The minimum absolute atomic E-state index is 0.0431. The van der Waals surface area contributed by atoms with Crippen LogP contribution in [0.2, 0.25) is 0 Å². The first-order chi connectivity index (χ1) is 18.3. The molecule has 9 nitrogen and oxygen atoms in total. The molecule has 0 heterocycles. The summed E-state index contributed by atoms with van der Waals surface area (Å²) in [6.45, 7) is 10.8. The Kier molecular flexibility index (Phi) is 19.6. The zero-order valence-corrected chi connectivity index (χ0v) is 23.3. The highest BCUT2D eigenvalue weighted by molar-refractivity contribution is 5.76. The van der Waals surface area contributed by atoms with E-state index in [0.717, 1.165) is 43.5 Å². The van der Waals surface area contributed by atoms with Gasteiger partial charge in [-0.3, -0.25) is 9.59 Å². The minimum atomic E-state index is -0.182. The molecule has 2 aromatic rings. The van der Waals surface area contributed by atoms with Crippen LogP contribution in [0, 0.1) is 0 Å². The Labute approximate surface area is 227 Å². The quantitative estimate of drug-likeness (QED) is 0.134. The van der Waals surface area contributed by atoms with Crippen molar-refractivity contribution in [3.8, 4) is 23.0 Å². The van der Waals surface area contributed by atoms with Crippen molar-refractivity contribution >= 4 is 11.8 Å². The number of aryl methyl sites for hydroxylation is 2. The van der Waals surface area contributed by atoms with Crippen molar-refractivity contribution in [1.29, 1.82) is 0 Å². The van der Waals surface area contributed by atoms with Crippen molar-refractivity contribution in [3.63, 3.8) is 0 Å². The summed E-state index contributed by atoms with van der Waals surface area (Å²) in [6.07, 6.45) is 4.24. The van der Waals surface area contributed by atoms with Crippen LogP contribution in [0.3, 0.4) is 0 Å². The van der Waals surface area contributed by atoms with Gasteiger partial charge in [0.05, 0.1) is 0 Å². The highest BCUT2D eigenvalue weighted by atomic mass is 16.3. The number of phenols is 4. The highest BCUT2D eigenvalue weighted by Gasteiger charge is 2.06. The van der Waals surface area contributed by atoms with Gasteiger partial charge in [-0.05, 0) is 80.6 Å². The molecule has 0 unspecified atom stereocenters. The molecule has 9 heteroatoms. The summed E-state index contributed by atoms with van der Waals surface area (Å²) in [4.78, 5) is 23.8. The van der Waals surface area contributed by atoms with E-state index >= 15 is 0 Å². The van der Waals surface area contributed by atoms with Crippen molar-refractivity contribution in [1.82, 2.24) is 16.0 Å². The lowest BCUT2D eigenvalue weighted by Crippen LogP contribution is -2.28. The summed E-state index contributed by atoms with van der Waals surface area (Å²) in [6, 6.07) is 9.11. The van der Waals surface area contributed by atoms with Crippen LogP contribution in [0.4, 0.5) is 0 Å². The van der Waals surface area contributed by atoms with E-state index in [0.29, 0.717) is 38.8 Å². The fourth-order valence-electron chi connectivity index (χ4n) is 3.31. The summed E-state index contributed by atoms with van der Waals surface area (Å²) in [5, 5.41) is 46.6. The van der Waals surface area contributed by atoms with Crippen molar-refractivity contribution < 1.29 is 30.0 Å². The van der Waals surface area contributed by atoms with Gasteiger partial charge in [0, 0.05) is 25.9 Å². The molecular weight excluding hydrogens is 486 g/mol. The Bertz CT molecular complexity index is 861. The van der Waals surface area contributed by atoms with Gasteiger partial charge in [0.1, 0.15) is 0 Å². The molecule has 0 saturated carbocycles. The molecule has 0 saturated heterocycles. The first-order valence-corrected chi connectivity index (χ1v) is 13.6. The van der Waals surface area contributed by atoms with E-state index < -0.39 is 0 Å². The number of nitrogens with one attached hydrogen (secondary N) is 3. The largest absolute Gasteiger partial charge is 0.504 e. The average molecular weight is 534 g/mol. The summed E-state index contributed by atoms with van der Waals surface area (Å²) in [5.74, 6) is -0.797. The van der Waals surface area contributed by atoms with E-state index in [2.05, 4.69) is 16.0 Å². The van der Waals surface area contributed by atoms with Gasteiger partial charge in [-0.1, -0.05) is 39.8 Å². The maximum atomic E-state index is 11.9. The van der Waals surface area contributed by atoms with Gasteiger partial charge in [-0.25, -0.2) is 0 Å². The van der Waals surface area contributed by atoms with E-state index in [1.807, 2.05) is 27.7 Å². The molecule has 0 aliphatic carbocycles. The van der Waals surface area contributed by atoms with Gasteiger partial charge in [0.25, 0.3) is 0 Å². The predicted molar refractivity (Wildman–Crippen MR) is 152 cm³/mol. The summed E-state index contributed by atoms with van der Waals surface area (Å²) in [7, 11) is 0. The van der Waals surface area contributed by atoms with Gasteiger partial charge in [-0.2, -0.15) is 0 Å². The van der Waals surface area contributed by atoms with Crippen LogP contribution in [-0.2, 0) is 22.4 Å². The normalized spacial score (nSPS) is 9.89. The SMILES string of the molecule is CC.CC.O=C(CCc1ccc(O)c(O)c1)NCCCCNCCCNC(=O)CCc1ccc(O)c(O)c1. The standard InChI is InChI=1S/C25H35N3O6.2C2H6/c29-20-8-4-18(16-22(20)31)6-10-24(33)27-14-2-1-12-26-13-3-15-28-25(34)11-7-19-5-9-21(30)23(32)17-19;2*1-2/h4-5,8-9,16-17,26,29-32H,1-3,6-7,10-15H2,(H,27,33)(H,28,34);2*1-2H3. The number of phenolic OH excluding ortho intramolecular Hbond substituents is 4. The minimum Gasteiger partial charge on any atom is -0.504 e. The zero-order chi connectivity index (χ0) is 28.8. The van der Waals surface area contributed by atoms with Gasteiger partial charge in [-0.15, -0.1) is 0 Å². The van der Waals surface area contributed by atoms with E-state index in [1.165, 1.54) is 24.3 Å². The first-order valence-electron chi connectivity index (χ1n) is 13.6. The Morgan fingerprint density at radius 1 is 0.579 bits per heavy atom. The van der Waals surface area contributed by atoms with Crippen LogP contribution in [0.5, 0.6) is 23.0 Å². The van der Waals surface area contributed by atoms with E-state index in [-0.39, 0.29) is 34.8 Å². The summed E-state index contributed by atoms with van der Waals surface area (Å²) >= 11 is 0. The van der Waals surface area contributed by atoms with Crippen LogP contribution in [0.25, 0.3) is 0 Å². The molecule has 38 heavy (non-hydrogen) atoms. The number of rotatable bonds is 15. The molecule has 0 radical (unpaired) electrons. The topological polar surface area (TPSA) is 151 Å². The maximum Gasteiger partial charge on any atom is 0.220 e. The molecule has 0 aliphatic heterocycles. The number of hydrogen-bond acceptors (Lipinski definition) is 7. The third kappa shape index (κ3) is 15.6. The first kappa shape index (κ1) is 34.5. The molecule has 0 aromatic heterocycles. The molecule has 7 N–H and O–H groups in total. The second kappa shape index (κ2) is 21.6. The lowest BCUT2D eigenvalue weighted by molar-refractivity contribution is -0.121. The van der Waals surface area contributed by atoms with Crippen LogP contribution >= 0.6 is 0 Å². The van der Waals surface area contributed by atoms with Crippen LogP contribution in [-0.4, -0.2) is 58.4 Å². The Balaban J connectivity index is 0.00000326. The number of amides is 2. The number of hydrogen-bond donors (Lipinski definition) is 7. The molecule has 2 amide bonds. The van der Waals surface area contributed by atoms with E-state index in [4.69, 9.17) is 0 Å². The van der Waals surface area contributed by atoms with Crippen LogP contribution in [0.15, 0.2) is 36.4 Å². The number of unbranched alkanes of at least 4 members (excludes halogenated alkanes) is 1. The molecule has 0 fully saturated rings. The van der Waals surface area contributed by atoms with Gasteiger partial charge in [0.15, 0.2) is 23.0 Å². The van der Waals surface area contributed by atoms with Crippen molar-refractivity contribution in [3.05, 3.63) is 47.5 Å². The van der Waals surface area contributed by atoms with Gasteiger partial charge in [0.2, 0.25) is 11.8 Å².